The van der Waals surface area contributed by atoms with Crippen LogP contribution < -0.4 is 0 Å². The molecule has 2 heteroatoms. The molecule has 0 unspecified atom stereocenters. The third-order valence-corrected chi connectivity index (χ3v) is 1.80. The number of rotatable bonds is 3. The lowest BCUT2D eigenvalue weighted by Crippen LogP contribution is -2.30. The summed E-state index contributed by atoms with van der Waals surface area (Å²) in [5, 5.41) is 0. The topological polar surface area (TPSA) is 20.3 Å². The van der Waals surface area contributed by atoms with Gasteiger partial charge in [-0.25, -0.2) is 0 Å². The number of carbonyl (C=O) groups is 1. The lowest BCUT2D eigenvalue weighted by Gasteiger charge is -2.23. The molecule has 0 radical (unpaired) electrons. The summed E-state index contributed by atoms with van der Waals surface area (Å²) in [4.78, 5) is 12.6. The Kier molecular flexibility index (Phi) is 3.05. The van der Waals surface area contributed by atoms with E-state index in [-0.39, 0.29) is 0 Å². The standard InChI is InChI=1S/C9H13NO/c1-2-5-10-6-3-4-9(7-10)8-11/h2,4,8H,1,3,5-7H2. The summed E-state index contributed by atoms with van der Waals surface area (Å²) in [5.74, 6) is 0. The predicted octanol–water partition coefficient (Wildman–Crippen LogP) is 1.00. The van der Waals surface area contributed by atoms with E-state index >= 15 is 0 Å². The highest BCUT2D eigenvalue weighted by molar-refractivity contribution is 5.73. The highest BCUT2D eigenvalue weighted by atomic mass is 16.1. The molecule has 0 aromatic rings. The molecule has 0 N–H and O–H groups in total. The van der Waals surface area contributed by atoms with Gasteiger partial charge in [-0.05, 0) is 6.42 Å². The lowest BCUT2D eigenvalue weighted by atomic mass is 10.1. The number of nitrogens with zero attached hydrogens (tertiary/aromatic N) is 1. The van der Waals surface area contributed by atoms with Crippen LogP contribution in [0, 0.1) is 0 Å². The van der Waals surface area contributed by atoms with E-state index in [1.807, 2.05) is 12.2 Å². The molecular weight excluding hydrogens is 138 g/mol. The summed E-state index contributed by atoms with van der Waals surface area (Å²) in [6, 6.07) is 0. The van der Waals surface area contributed by atoms with Crippen LogP contribution in [-0.4, -0.2) is 30.8 Å². The van der Waals surface area contributed by atoms with Crippen LogP contribution in [0.3, 0.4) is 0 Å². The third-order valence-electron chi connectivity index (χ3n) is 1.80. The average molecular weight is 151 g/mol. The molecule has 0 aromatic carbocycles. The number of hydrogen-bond acceptors (Lipinski definition) is 2. The van der Waals surface area contributed by atoms with Gasteiger partial charge >= 0.3 is 0 Å². The predicted molar refractivity (Wildman–Crippen MR) is 45.4 cm³/mol. The van der Waals surface area contributed by atoms with E-state index in [2.05, 4.69) is 11.5 Å². The molecule has 1 aliphatic rings. The minimum absolute atomic E-state index is 0.787. The first-order chi connectivity index (χ1) is 5.36. The Morgan fingerprint density at radius 2 is 2.55 bits per heavy atom. The van der Waals surface area contributed by atoms with E-state index in [0.29, 0.717) is 0 Å². The van der Waals surface area contributed by atoms with Crippen molar-refractivity contribution in [3.05, 3.63) is 24.3 Å². The zero-order valence-electron chi connectivity index (χ0n) is 6.62. The van der Waals surface area contributed by atoms with Gasteiger partial charge in [0.1, 0.15) is 6.29 Å². The molecule has 0 atom stereocenters. The molecule has 0 saturated heterocycles. The van der Waals surface area contributed by atoms with Crippen LogP contribution in [0.4, 0.5) is 0 Å². The highest BCUT2D eigenvalue weighted by Crippen LogP contribution is 2.06. The number of aldehydes is 1. The van der Waals surface area contributed by atoms with Gasteiger partial charge in [-0.3, -0.25) is 9.69 Å². The Hall–Kier alpha value is -0.890. The zero-order chi connectivity index (χ0) is 8.10. The van der Waals surface area contributed by atoms with Crippen molar-refractivity contribution in [3.8, 4) is 0 Å². The molecule has 1 aliphatic heterocycles. The van der Waals surface area contributed by atoms with Gasteiger partial charge in [0, 0.05) is 25.2 Å². The van der Waals surface area contributed by atoms with Gasteiger partial charge in [0.15, 0.2) is 0 Å². The van der Waals surface area contributed by atoms with Crippen LogP contribution in [0.15, 0.2) is 24.3 Å². The molecule has 0 spiro atoms. The van der Waals surface area contributed by atoms with E-state index in [1.165, 1.54) is 0 Å². The first-order valence-corrected chi connectivity index (χ1v) is 3.84. The second-order valence-electron chi connectivity index (χ2n) is 2.71. The normalized spacial score (nSPS) is 19.1. The number of hydrogen-bond donors (Lipinski definition) is 0. The Morgan fingerprint density at radius 3 is 3.18 bits per heavy atom. The molecule has 0 amide bonds. The molecule has 1 heterocycles. The van der Waals surface area contributed by atoms with Crippen LogP contribution in [0.25, 0.3) is 0 Å². The Morgan fingerprint density at radius 1 is 1.73 bits per heavy atom. The van der Waals surface area contributed by atoms with E-state index in [1.54, 1.807) is 0 Å². The molecule has 2 nitrogen and oxygen atoms in total. The molecule has 0 aromatic heterocycles. The maximum Gasteiger partial charge on any atom is 0.147 e. The van der Waals surface area contributed by atoms with Gasteiger partial charge in [0.05, 0.1) is 0 Å². The van der Waals surface area contributed by atoms with Crippen molar-refractivity contribution >= 4 is 6.29 Å². The van der Waals surface area contributed by atoms with E-state index < -0.39 is 0 Å². The maximum atomic E-state index is 10.4. The fourth-order valence-electron chi connectivity index (χ4n) is 1.26. The SMILES string of the molecule is C=CCN1CCC=C(C=O)C1. The minimum Gasteiger partial charge on any atom is -0.298 e. The second-order valence-corrected chi connectivity index (χ2v) is 2.71. The molecular formula is C9H13NO. The minimum atomic E-state index is 0.787. The molecule has 60 valence electrons. The molecule has 11 heavy (non-hydrogen) atoms. The smallest absolute Gasteiger partial charge is 0.147 e. The molecule has 1 rings (SSSR count). The van der Waals surface area contributed by atoms with Gasteiger partial charge in [0.25, 0.3) is 0 Å². The van der Waals surface area contributed by atoms with Gasteiger partial charge in [-0.1, -0.05) is 12.2 Å². The van der Waals surface area contributed by atoms with E-state index in [4.69, 9.17) is 0 Å². The summed E-state index contributed by atoms with van der Waals surface area (Å²) >= 11 is 0. The molecule has 0 bridgehead atoms. The number of carbonyl (C=O) groups excluding carboxylic acids is 1. The zero-order valence-corrected chi connectivity index (χ0v) is 6.62. The largest absolute Gasteiger partial charge is 0.298 e. The Labute approximate surface area is 67.2 Å². The fourth-order valence-corrected chi connectivity index (χ4v) is 1.26. The van der Waals surface area contributed by atoms with Gasteiger partial charge in [-0.15, -0.1) is 6.58 Å². The Balaban J connectivity index is 2.45. The summed E-state index contributed by atoms with van der Waals surface area (Å²) in [6.45, 7) is 6.37. The Bertz CT molecular complexity index is 184. The van der Waals surface area contributed by atoms with Crippen LogP contribution in [0.1, 0.15) is 6.42 Å². The van der Waals surface area contributed by atoms with Crippen molar-refractivity contribution in [2.24, 2.45) is 0 Å². The van der Waals surface area contributed by atoms with Crippen molar-refractivity contribution in [2.45, 2.75) is 6.42 Å². The van der Waals surface area contributed by atoms with Crippen LogP contribution >= 0.6 is 0 Å². The van der Waals surface area contributed by atoms with Crippen LogP contribution in [0.5, 0.6) is 0 Å². The average Bonchev–Trinajstić information content (AvgIpc) is 2.06. The lowest BCUT2D eigenvalue weighted by molar-refractivity contribution is -0.105. The quantitative estimate of drug-likeness (QED) is 0.443. The molecule has 0 saturated carbocycles. The second kappa shape index (κ2) is 4.09. The van der Waals surface area contributed by atoms with E-state index in [0.717, 1.165) is 37.9 Å². The molecule has 0 aliphatic carbocycles. The highest BCUT2D eigenvalue weighted by Gasteiger charge is 2.09. The maximum absolute atomic E-state index is 10.4. The fraction of sp³-hybridized carbons (Fsp3) is 0.444. The van der Waals surface area contributed by atoms with Crippen LogP contribution in [-0.2, 0) is 4.79 Å². The van der Waals surface area contributed by atoms with Crippen molar-refractivity contribution < 1.29 is 4.79 Å². The first kappa shape index (κ1) is 8.21. The van der Waals surface area contributed by atoms with Gasteiger partial charge in [0.2, 0.25) is 0 Å². The first-order valence-electron chi connectivity index (χ1n) is 3.84. The van der Waals surface area contributed by atoms with E-state index in [9.17, 15) is 4.79 Å². The van der Waals surface area contributed by atoms with Gasteiger partial charge in [-0.2, -0.15) is 0 Å². The summed E-state index contributed by atoms with van der Waals surface area (Å²) in [6.07, 6.45) is 5.80. The summed E-state index contributed by atoms with van der Waals surface area (Å²) in [5.41, 5.74) is 0.901. The van der Waals surface area contributed by atoms with Crippen molar-refractivity contribution in [2.75, 3.05) is 19.6 Å². The molecule has 0 fully saturated rings. The third kappa shape index (κ3) is 2.31. The van der Waals surface area contributed by atoms with Crippen molar-refractivity contribution in [1.82, 2.24) is 4.90 Å². The summed E-state index contributed by atoms with van der Waals surface area (Å²) in [7, 11) is 0. The van der Waals surface area contributed by atoms with Crippen LogP contribution in [0.2, 0.25) is 0 Å². The van der Waals surface area contributed by atoms with Crippen molar-refractivity contribution in [1.29, 1.82) is 0 Å². The monoisotopic (exact) mass is 151 g/mol. The van der Waals surface area contributed by atoms with Gasteiger partial charge < -0.3 is 0 Å². The van der Waals surface area contributed by atoms with Crippen molar-refractivity contribution in [3.63, 3.8) is 0 Å². The summed E-state index contributed by atoms with van der Waals surface area (Å²) < 4.78 is 0.